The van der Waals surface area contributed by atoms with Gasteiger partial charge in [-0.15, -0.1) is 0 Å². The van der Waals surface area contributed by atoms with Crippen LogP contribution in [0.15, 0.2) is 30.3 Å². The van der Waals surface area contributed by atoms with E-state index in [9.17, 15) is 13.2 Å². The summed E-state index contributed by atoms with van der Waals surface area (Å²) in [5, 5.41) is 0. The fourth-order valence-electron chi connectivity index (χ4n) is 2.33. The third kappa shape index (κ3) is 4.52. The number of nitrogens with one attached hydrogen (secondary N) is 1. The van der Waals surface area contributed by atoms with E-state index in [0.29, 0.717) is 18.7 Å². The summed E-state index contributed by atoms with van der Waals surface area (Å²) in [4.78, 5) is 16.5. The lowest BCUT2D eigenvalue weighted by Gasteiger charge is -2.34. The first kappa shape index (κ1) is 15.9. The quantitative estimate of drug-likeness (QED) is 0.853. The van der Waals surface area contributed by atoms with Crippen LogP contribution in [0.3, 0.4) is 0 Å². The van der Waals surface area contributed by atoms with Crippen LogP contribution in [0.2, 0.25) is 0 Å². The zero-order valence-corrected chi connectivity index (χ0v) is 13.1. The molecule has 1 aromatic rings. The second-order valence-corrected chi connectivity index (χ2v) is 7.14. The molecule has 0 saturated carbocycles. The van der Waals surface area contributed by atoms with E-state index in [1.54, 1.807) is 29.2 Å². The summed E-state index contributed by atoms with van der Waals surface area (Å²) < 4.78 is 25.6. The van der Waals surface area contributed by atoms with Gasteiger partial charge in [0, 0.05) is 26.2 Å². The van der Waals surface area contributed by atoms with E-state index in [0.717, 1.165) is 19.3 Å². The lowest BCUT2D eigenvalue weighted by molar-refractivity contribution is -0.134. The first-order valence-corrected chi connectivity index (χ1v) is 8.75. The molecule has 0 spiro atoms. The van der Waals surface area contributed by atoms with Gasteiger partial charge in [-0.3, -0.25) is 4.79 Å². The minimum Gasteiger partial charge on any atom is -0.338 e. The van der Waals surface area contributed by atoms with Crippen molar-refractivity contribution in [1.29, 1.82) is 0 Å². The molecule has 1 saturated heterocycles. The van der Waals surface area contributed by atoms with Gasteiger partial charge in [0.05, 0.1) is 6.26 Å². The summed E-state index contributed by atoms with van der Waals surface area (Å²) in [5.41, 5.74) is 0.659. The van der Waals surface area contributed by atoms with Crippen LogP contribution in [-0.4, -0.2) is 63.6 Å². The van der Waals surface area contributed by atoms with Crippen LogP contribution in [-0.2, 0) is 14.8 Å². The van der Waals surface area contributed by atoms with Crippen molar-refractivity contribution in [2.45, 2.75) is 6.04 Å². The van der Waals surface area contributed by atoms with Crippen molar-refractivity contribution in [3.8, 4) is 0 Å². The minimum atomic E-state index is -3.47. The number of likely N-dealkylation sites (N-methyl/N-ethyl adjacent to an activating group) is 1. The minimum absolute atomic E-state index is 0.195. The Labute approximate surface area is 125 Å². The number of sulfonamides is 1. The first-order chi connectivity index (χ1) is 9.87. The predicted molar refractivity (Wildman–Crippen MR) is 81.2 cm³/mol. The Bertz CT molecular complexity index is 581. The lowest BCUT2D eigenvalue weighted by Crippen LogP contribution is -2.51. The van der Waals surface area contributed by atoms with Gasteiger partial charge in [-0.25, -0.2) is 8.42 Å². The highest BCUT2D eigenvalue weighted by Crippen LogP contribution is 2.17. The molecule has 1 aromatic carbocycles. The standard InChI is InChI=1S/C14H21N3O3S/c1-16-8-10-17(11-9-16)14(18)13(15-21(2,19)20)12-6-4-3-5-7-12/h3-7,13,15H,8-11H2,1-2H3/t13-/m0/s1. The van der Waals surface area contributed by atoms with Crippen LogP contribution in [0.25, 0.3) is 0 Å². The van der Waals surface area contributed by atoms with E-state index in [-0.39, 0.29) is 5.91 Å². The zero-order chi connectivity index (χ0) is 15.5. The summed E-state index contributed by atoms with van der Waals surface area (Å²) >= 11 is 0. The van der Waals surface area contributed by atoms with Crippen molar-refractivity contribution in [3.63, 3.8) is 0 Å². The van der Waals surface area contributed by atoms with Crippen LogP contribution in [0.1, 0.15) is 11.6 Å². The predicted octanol–water partition coefficient (Wildman–Crippen LogP) is 0.0509. The highest BCUT2D eigenvalue weighted by atomic mass is 32.2. The summed E-state index contributed by atoms with van der Waals surface area (Å²) in [7, 11) is -1.47. The number of nitrogens with zero attached hydrogens (tertiary/aromatic N) is 2. The molecule has 2 rings (SSSR count). The monoisotopic (exact) mass is 311 g/mol. The van der Waals surface area contributed by atoms with Crippen molar-refractivity contribution in [1.82, 2.24) is 14.5 Å². The van der Waals surface area contributed by atoms with Crippen LogP contribution in [0, 0.1) is 0 Å². The molecule has 116 valence electrons. The Balaban J connectivity index is 2.21. The SMILES string of the molecule is CN1CCN(C(=O)[C@@H](NS(C)(=O)=O)c2ccccc2)CC1. The van der Waals surface area contributed by atoms with E-state index in [1.807, 2.05) is 13.1 Å². The summed E-state index contributed by atoms with van der Waals surface area (Å²) in [6, 6.07) is 8.09. The molecule has 0 aromatic heterocycles. The molecule has 1 fully saturated rings. The van der Waals surface area contributed by atoms with Crippen LogP contribution in [0.4, 0.5) is 0 Å². The van der Waals surface area contributed by atoms with Gasteiger partial charge in [-0.1, -0.05) is 30.3 Å². The molecule has 21 heavy (non-hydrogen) atoms. The molecule has 6 nitrogen and oxygen atoms in total. The lowest BCUT2D eigenvalue weighted by atomic mass is 10.1. The van der Waals surface area contributed by atoms with Crippen molar-refractivity contribution >= 4 is 15.9 Å². The van der Waals surface area contributed by atoms with E-state index < -0.39 is 16.1 Å². The average Bonchev–Trinajstić information content (AvgIpc) is 2.45. The van der Waals surface area contributed by atoms with E-state index >= 15 is 0 Å². The molecular formula is C14H21N3O3S. The van der Waals surface area contributed by atoms with Gasteiger partial charge in [0.25, 0.3) is 0 Å². The number of amides is 1. The molecule has 1 amide bonds. The Morgan fingerprint density at radius 2 is 1.71 bits per heavy atom. The van der Waals surface area contributed by atoms with Crippen LogP contribution >= 0.6 is 0 Å². The number of hydrogen-bond donors (Lipinski definition) is 1. The summed E-state index contributed by atoms with van der Waals surface area (Å²) in [5.74, 6) is -0.195. The van der Waals surface area contributed by atoms with Crippen molar-refractivity contribution in [2.75, 3.05) is 39.5 Å². The maximum atomic E-state index is 12.7. The second kappa shape index (κ2) is 6.55. The highest BCUT2D eigenvalue weighted by molar-refractivity contribution is 7.88. The van der Waals surface area contributed by atoms with Gasteiger partial charge >= 0.3 is 0 Å². The van der Waals surface area contributed by atoms with Crippen molar-refractivity contribution in [2.24, 2.45) is 0 Å². The molecule has 1 N–H and O–H groups in total. The molecule has 0 unspecified atom stereocenters. The summed E-state index contributed by atoms with van der Waals surface area (Å²) in [6.07, 6.45) is 1.07. The van der Waals surface area contributed by atoms with Gasteiger partial charge in [0.15, 0.2) is 0 Å². The molecule has 0 radical (unpaired) electrons. The number of carbonyl (C=O) groups is 1. The van der Waals surface area contributed by atoms with Crippen LogP contribution in [0.5, 0.6) is 0 Å². The zero-order valence-electron chi connectivity index (χ0n) is 12.3. The van der Waals surface area contributed by atoms with Crippen LogP contribution < -0.4 is 4.72 Å². The van der Waals surface area contributed by atoms with Gasteiger partial charge < -0.3 is 9.80 Å². The Hall–Kier alpha value is -1.44. The number of rotatable bonds is 4. The van der Waals surface area contributed by atoms with Gasteiger partial charge in [-0.2, -0.15) is 4.72 Å². The maximum Gasteiger partial charge on any atom is 0.245 e. The molecule has 7 heteroatoms. The molecular weight excluding hydrogens is 290 g/mol. The van der Waals surface area contributed by atoms with E-state index in [2.05, 4.69) is 9.62 Å². The Kier molecular flexibility index (Phi) is 4.97. The fraction of sp³-hybridized carbons (Fsp3) is 0.500. The molecule has 0 bridgehead atoms. The average molecular weight is 311 g/mol. The van der Waals surface area contributed by atoms with Gasteiger partial charge in [0.2, 0.25) is 15.9 Å². The molecule has 1 aliphatic heterocycles. The number of piperazine rings is 1. The highest BCUT2D eigenvalue weighted by Gasteiger charge is 2.29. The van der Waals surface area contributed by atoms with Gasteiger partial charge in [0.1, 0.15) is 6.04 Å². The van der Waals surface area contributed by atoms with Crippen molar-refractivity contribution < 1.29 is 13.2 Å². The molecule has 0 aliphatic carbocycles. The smallest absolute Gasteiger partial charge is 0.245 e. The first-order valence-electron chi connectivity index (χ1n) is 6.86. The molecule has 1 atom stereocenters. The Morgan fingerprint density at radius 1 is 1.14 bits per heavy atom. The third-order valence-corrected chi connectivity index (χ3v) is 4.19. The maximum absolute atomic E-state index is 12.7. The molecule has 1 aliphatic rings. The fourth-order valence-corrected chi connectivity index (χ4v) is 3.00. The van der Waals surface area contributed by atoms with E-state index in [1.165, 1.54) is 0 Å². The van der Waals surface area contributed by atoms with Gasteiger partial charge in [-0.05, 0) is 12.6 Å². The number of benzene rings is 1. The molecule has 1 heterocycles. The summed E-state index contributed by atoms with van der Waals surface area (Å²) in [6.45, 7) is 2.83. The number of hydrogen-bond acceptors (Lipinski definition) is 4. The largest absolute Gasteiger partial charge is 0.338 e. The number of carbonyl (C=O) groups excluding carboxylic acids is 1. The second-order valence-electron chi connectivity index (χ2n) is 5.36. The normalized spacial score (nSPS) is 18.5. The van der Waals surface area contributed by atoms with E-state index in [4.69, 9.17) is 0 Å². The Morgan fingerprint density at radius 3 is 2.24 bits per heavy atom. The third-order valence-electron chi connectivity index (χ3n) is 3.53. The van der Waals surface area contributed by atoms with Crippen molar-refractivity contribution in [3.05, 3.63) is 35.9 Å². The topological polar surface area (TPSA) is 69.7 Å².